The molecule has 0 N–H and O–H groups in total. The first-order valence-electron chi connectivity index (χ1n) is 2.88. The van der Waals surface area contributed by atoms with Gasteiger partial charge in [-0.25, -0.2) is 0 Å². The van der Waals surface area contributed by atoms with Crippen LogP contribution in [0.5, 0.6) is 0 Å². The van der Waals surface area contributed by atoms with Crippen molar-refractivity contribution in [2.75, 3.05) is 0 Å². The summed E-state index contributed by atoms with van der Waals surface area (Å²) in [5.41, 5.74) is 2.06. The standard InChI is InChI=1S/C8H9N/c1-3-7-5-4-6-8(7)9-2/h3,5-6H,1-2,4H2. The van der Waals surface area contributed by atoms with Gasteiger partial charge in [0, 0.05) is 0 Å². The molecular weight excluding hydrogens is 110 g/mol. The molecule has 0 unspecified atom stereocenters. The molecule has 46 valence electrons. The van der Waals surface area contributed by atoms with Crippen LogP contribution in [0.25, 0.3) is 0 Å². The molecule has 1 nitrogen and oxygen atoms in total. The highest BCUT2D eigenvalue weighted by Gasteiger charge is 2.01. The minimum atomic E-state index is 0.963. The Morgan fingerprint density at radius 1 is 1.56 bits per heavy atom. The summed E-state index contributed by atoms with van der Waals surface area (Å²) in [6.07, 6.45) is 6.88. The number of hydrogen-bond acceptors (Lipinski definition) is 1. The Labute approximate surface area is 55.1 Å². The van der Waals surface area contributed by atoms with Crippen LogP contribution in [0.4, 0.5) is 0 Å². The fourth-order valence-corrected chi connectivity index (χ4v) is 0.864. The fraction of sp³-hybridized carbons (Fsp3) is 0.125. The van der Waals surface area contributed by atoms with Crippen molar-refractivity contribution in [3.63, 3.8) is 0 Å². The highest BCUT2D eigenvalue weighted by atomic mass is 14.7. The van der Waals surface area contributed by atoms with E-state index in [1.165, 1.54) is 0 Å². The third-order valence-corrected chi connectivity index (χ3v) is 1.33. The van der Waals surface area contributed by atoms with Crippen molar-refractivity contribution >= 4 is 6.72 Å². The van der Waals surface area contributed by atoms with Crippen molar-refractivity contribution in [1.29, 1.82) is 0 Å². The van der Waals surface area contributed by atoms with Crippen molar-refractivity contribution in [3.05, 3.63) is 36.1 Å². The largest absolute Gasteiger partial charge is 0.264 e. The lowest BCUT2D eigenvalue weighted by Crippen LogP contribution is -1.73. The Kier molecular flexibility index (Phi) is 1.63. The first-order valence-corrected chi connectivity index (χ1v) is 2.88. The second-order valence-corrected chi connectivity index (χ2v) is 1.85. The van der Waals surface area contributed by atoms with Gasteiger partial charge in [0.05, 0.1) is 5.70 Å². The predicted molar refractivity (Wildman–Crippen MR) is 40.5 cm³/mol. The lowest BCUT2D eigenvalue weighted by Gasteiger charge is -1.91. The van der Waals surface area contributed by atoms with Gasteiger partial charge in [0.15, 0.2) is 0 Å². The van der Waals surface area contributed by atoms with E-state index in [1.807, 2.05) is 6.08 Å². The van der Waals surface area contributed by atoms with Crippen LogP contribution in [0.15, 0.2) is 41.1 Å². The van der Waals surface area contributed by atoms with Crippen LogP contribution in [0.1, 0.15) is 6.42 Å². The average Bonchev–Trinajstić information content (AvgIpc) is 2.33. The van der Waals surface area contributed by atoms with Crippen molar-refractivity contribution in [1.82, 2.24) is 0 Å². The van der Waals surface area contributed by atoms with Crippen LogP contribution in [-0.4, -0.2) is 6.72 Å². The van der Waals surface area contributed by atoms with E-state index in [0.717, 1.165) is 17.7 Å². The summed E-state index contributed by atoms with van der Waals surface area (Å²) in [5.74, 6) is 0. The number of allylic oxidation sites excluding steroid dienone is 3. The highest BCUT2D eigenvalue weighted by Crippen LogP contribution is 2.19. The first-order chi connectivity index (χ1) is 4.38. The maximum atomic E-state index is 3.81. The van der Waals surface area contributed by atoms with Gasteiger partial charge >= 0.3 is 0 Å². The van der Waals surface area contributed by atoms with Gasteiger partial charge in [-0.1, -0.05) is 24.8 Å². The Morgan fingerprint density at radius 2 is 2.33 bits per heavy atom. The van der Waals surface area contributed by atoms with Crippen LogP contribution >= 0.6 is 0 Å². The second kappa shape index (κ2) is 2.44. The van der Waals surface area contributed by atoms with Crippen molar-refractivity contribution in [3.8, 4) is 0 Å². The predicted octanol–water partition coefficient (Wildman–Crippen LogP) is 2.09. The summed E-state index contributed by atoms with van der Waals surface area (Å²) in [6.45, 7) is 7.08. The first kappa shape index (κ1) is 6.02. The molecule has 0 aromatic rings. The van der Waals surface area contributed by atoms with Crippen LogP contribution in [0, 0.1) is 0 Å². The SMILES string of the molecule is C=CC1=CCC=C1N=C. The maximum absolute atomic E-state index is 3.81. The molecule has 0 fully saturated rings. The highest BCUT2D eigenvalue weighted by molar-refractivity contribution is 5.47. The summed E-state index contributed by atoms with van der Waals surface area (Å²) in [4.78, 5) is 3.81. The molecule has 0 amide bonds. The van der Waals surface area contributed by atoms with Gasteiger partial charge in [-0.05, 0) is 18.7 Å². The molecule has 0 aromatic carbocycles. The smallest absolute Gasteiger partial charge is 0.0654 e. The molecule has 0 bridgehead atoms. The summed E-state index contributed by atoms with van der Waals surface area (Å²) in [5, 5.41) is 0. The van der Waals surface area contributed by atoms with E-state index in [2.05, 4.69) is 24.4 Å². The van der Waals surface area contributed by atoms with Crippen LogP contribution in [-0.2, 0) is 0 Å². The Hall–Kier alpha value is -1.11. The number of rotatable bonds is 2. The van der Waals surface area contributed by atoms with E-state index in [4.69, 9.17) is 0 Å². The Bertz CT molecular complexity index is 175. The van der Waals surface area contributed by atoms with Gasteiger partial charge in [0.25, 0.3) is 0 Å². The quantitative estimate of drug-likeness (QED) is 0.493. The van der Waals surface area contributed by atoms with Crippen LogP contribution in [0.3, 0.4) is 0 Å². The monoisotopic (exact) mass is 119 g/mol. The van der Waals surface area contributed by atoms with Gasteiger partial charge in [0.2, 0.25) is 0 Å². The molecule has 1 rings (SSSR count). The molecule has 0 atom stereocenters. The molecule has 1 aliphatic rings. The molecule has 9 heavy (non-hydrogen) atoms. The zero-order valence-corrected chi connectivity index (χ0v) is 5.30. The Morgan fingerprint density at radius 3 is 2.78 bits per heavy atom. The van der Waals surface area contributed by atoms with Crippen molar-refractivity contribution < 1.29 is 0 Å². The average molecular weight is 119 g/mol. The second-order valence-electron chi connectivity index (χ2n) is 1.85. The van der Waals surface area contributed by atoms with E-state index in [-0.39, 0.29) is 0 Å². The van der Waals surface area contributed by atoms with Gasteiger partial charge in [0.1, 0.15) is 0 Å². The molecule has 1 aliphatic carbocycles. The van der Waals surface area contributed by atoms with Gasteiger partial charge in [-0.15, -0.1) is 0 Å². The van der Waals surface area contributed by atoms with E-state index >= 15 is 0 Å². The molecule has 0 aliphatic heterocycles. The van der Waals surface area contributed by atoms with E-state index in [0.29, 0.717) is 0 Å². The third-order valence-electron chi connectivity index (χ3n) is 1.33. The van der Waals surface area contributed by atoms with E-state index in [9.17, 15) is 0 Å². The topological polar surface area (TPSA) is 12.4 Å². The lowest BCUT2D eigenvalue weighted by atomic mass is 10.2. The molecule has 0 radical (unpaired) electrons. The normalized spacial score (nSPS) is 16.4. The van der Waals surface area contributed by atoms with Gasteiger partial charge in [-0.3, -0.25) is 4.99 Å². The molecule has 0 saturated carbocycles. The maximum Gasteiger partial charge on any atom is 0.0654 e. The van der Waals surface area contributed by atoms with Gasteiger partial charge < -0.3 is 0 Å². The molecule has 1 heteroatoms. The summed E-state index contributed by atoms with van der Waals surface area (Å²) < 4.78 is 0. The number of nitrogens with zero attached hydrogens (tertiary/aromatic N) is 1. The summed E-state index contributed by atoms with van der Waals surface area (Å²) in [6, 6.07) is 0. The van der Waals surface area contributed by atoms with Crippen molar-refractivity contribution in [2.24, 2.45) is 4.99 Å². The van der Waals surface area contributed by atoms with E-state index in [1.54, 1.807) is 6.08 Å². The molecular formula is C8H9N. The summed E-state index contributed by atoms with van der Waals surface area (Å²) in [7, 11) is 0. The zero-order valence-electron chi connectivity index (χ0n) is 5.30. The molecule has 0 heterocycles. The minimum Gasteiger partial charge on any atom is -0.264 e. The number of aliphatic imine (C=N–C) groups is 1. The number of hydrogen-bond donors (Lipinski definition) is 0. The van der Waals surface area contributed by atoms with Crippen molar-refractivity contribution in [2.45, 2.75) is 6.42 Å². The fourth-order valence-electron chi connectivity index (χ4n) is 0.864. The minimum absolute atomic E-state index is 0.963. The van der Waals surface area contributed by atoms with Crippen LogP contribution < -0.4 is 0 Å². The third kappa shape index (κ3) is 0.992. The molecule has 0 spiro atoms. The molecule has 0 saturated heterocycles. The molecule has 0 aromatic heterocycles. The Balaban J connectivity index is 2.85. The van der Waals surface area contributed by atoms with Gasteiger partial charge in [-0.2, -0.15) is 0 Å². The zero-order chi connectivity index (χ0) is 6.69. The lowest BCUT2D eigenvalue weighted by molar-refractivity contribution is 1.38. The van der Waals surface area contributed by atoms with E-state index < -0.39 is 0 Å². The summed E-state index contributed by atoms with van der Waals surface area (Å²) >= 11 is 0. The van der Waals surface area contributed by atoms with Crippen LogP contribution in [0.2, 0.25) is 0 Å².